The van der Waals surface area contributed by atoms with Crippen molar-refractivity contribution in [1.29, 1.82) is 0 Å². The van der Waals surface area contributed by atoms with Crippen molar-refractivity contribution in [3.63, 3.8) is 0 Å². The Bertz CT molecular complexity index is 420. The van der Waals surface area contributed by atoms with E-state index in [1.807, 2.05) is 17.9 Å². The van der Waals surface area contributed by atoms with E-state index in [0.29, 0.717) is 12.3 Å². The first-order valence-electron chi connectivity index (χ1n) is 6.58. The fraction of sp³-hybridized carbons (Fsp3) is 0.533. The van der Waals surface area contributed by atoms with Gasteiger partial charge in [-0.1, -0.05) is 26.0 Å². The predicted molar refractivity (Wildman–Crippen MR) is 73.6 cm³/mol. The van der Waals surface area contributed by atoms with Gasteiger partial charge < -0.3 is 5.11 Å². The average molecular weight is 267 g/mol. The Balaban J connectivity index is 2.70. The molecular weight excluding hydrogens is 245 g/mol. The molecule has 0 bridgehead atoms. The third-order valence-electron chi connectivity index (χ3n) is 2.98. The summed E-state index contributed by atoms with van der Waals surface area (Å²) < 4.78 is 13.1. The second-order valence-corrected chi connectivity index (χ2v) is 5.40. The second kappa shape index (κ2) is 7.24. The Kier molecular flexibility index (Phi) is 5.96. The van der Waals surface area contributed by atoms with Crippen molar-refractivity contribution in [2.45, 2.75) is 33.2 Å². The summed E-state index contributed by atoms with van der Waals surface area (Å²) in [6, 6.07) is 6.54. The zero-order chi connectivity index (χ0) is 14.4. The van der Waals surface area contributed by atoms with Crippen molar-refractivity contribution in [3.05, 3.63) is 35.6 Å². The molecule has 1 atom stereocenters. The highest BCUT2D eigenvalue weighted by atomic mass is 19.1. The lowest BCUT2D eigenvalue weighted by molar-refractivity contribution is -0.139. The van der Waals surface area contributed by atoms with Gasteiger partial charge in [0.1, 0.15) is 5.82 Å². The number of hydrogen-bond donors (Lipinski definition) is 1. The van der Waals surface area contributed by atoms with Gasteiger partial charge in [-0.25, -0.2) is 4.39 Å². The van der Waals surface area contributed by atoms with Gasteiger partial charge in [-0.05, 0) is 37.0 Å². The molecule has 1 aromatic carbocycles. The first-order chi connectivity index (χ1) is 8.88. The van der Waals surface area contributed by atoms with Crippen LogP contribution < -0.4 is 0 Å². The van der Waals surface area contributed by atoms with Crippen molar-refractivity contribution in [1.82, 2.24) is 4.90 Å². The number of hydrogen-bond acceptors (Lipinski definition) is 2. The monoisotopic (exact) mass is 267 g/mol. The molecule has 0 saturated heterocycles. The Hall–Kier alpha value is -1.42. The Morgan fingerprint density at radius 1 is 1.37 bits per heavy atom. The smallest absolute Gasteiger partial charge is 0.317 e. The topological polar surface area (TPSA) is 40.5 Å². The van der Waals surface area contributed by atoms with Crippen molar-refractivity contribution in [2.24, 2.45) is 5.92 Å². The standard InChI is InChI=1S/C15H22FNO2/c1-11(2)9-17(10-15(18)19)12(3)7-13-5-4-6-14(16)8-13/h4-6,8,11-12H,7,9-10H2,1-3H3,(H,18,19). The summed E-state index contributed by atoms with van der Waals surface area (Å²) in [4.78, 5) is 12.8. The van der Waals surface area contributed by atoms with Crippen molar-refractivity contribution in [3.8, 4) is 0 Å². The average Bonchev–Trinajstić information content (AvgIpc) is 2.26. The predicted octanol–water partition coefficient (Wildman–Crippen LogP) is 2.80. The van der Waals surface area contributed by atoms with Gasteiger partial charge in [-0.15, -0.1) is 0 Å². The van der Waals surface area contributed by atoms with Crippen molar-refractivity contribution in [2.75, 3.05) is 13.1 Å². The number of aliphatic carboxylic acids is 1. The van der Waals surface area contributed by atoms with Crippen LogP contribution in [0.5, 0.6) is 0 Å². The molecule has 0 aliphatic carbocycles. The van der Waals surface area contributed by atoms with E-state index in [9.17, 15) is 9.18 Å². The van der Waals surface area contributed by atoms with Gasteiger partial charge in [0.2, 0.25) is 0 Å². The van der Waals surface area contributed by atoms with Crippen LogP contribution in [-0.2, 0) is 11.2 Å². The first-order valence-corrected chi connectivity index (χ1v) is 6.58. The molecule has 19 heavy (non-hydrogen) atoms. The molecule has 106 valence electrons. The molecule has 0 heterocycles. The number of nitrogens with zero attached hydrogens (tertiary/aromatic N) is 1. The minimum Gasteiger partial charge on any atom is -0.480 e. The summed E-state index contributed by atoms with van der Waals surface area (Å²) in [5.74, 6) is -0.681. The normalized spacial score (nSPS) is 12.9. The van der Waals surface area contributed by atoms with Crippen LogP contribution in [0.2, 0.25) is 0 Å². The van der Waals surface area contributed by atoms with Crippen LogP contribution >= 0.6 is 0 Å². The summed E-state index contributed by atoms with van der Waals surface area (Å²) >= 11 is 0. The zero-order valence-electron chi connectivity index (χ0n) is 11.8. The van der Waals surface area contributed by atoms with Crippen molar-refractivity contribution >= 4 is 5.97 Å². The van der Waals surface area contributed by atoms with E-state index in [2.05, 4.69) is 13.8 Å². The molecule has 4 heteroatoms. The molecule has 0 amide bonds. The molecule has 1 rings (SSSR count). The molecule has 0 radical (unpaired) electrons. The maximum absolute atomic E-state index is 13.1. The van der Waals surface area contributed by atoms with E-state index < -0.39 is 5.97 Å². The van der Waals surface area contributed by atoms with E-state index >= 15 is 0 Å². The van der Waals surface area contributed by atoms with Crippen molar-refractivity contribution < 1.29 is 14.3 Å². The molecule has 0 aliphatic rings. The Morgan fingerprint density at radius 2 is 2.05 bits per heavy atom. The number of carboxylic acid groups (broad SMARTS) is 1. The quantitative estimate of drug-likeness (QED) is 0.826. The van der Waals surface area contributed by atoms with Gasteiger partial charge in [-0.3, -0.25) is 9.69 Å². The van der Waals surface area contributed by atoms with Gasteiger partial charge in [0.15, 0.2) is 0 Å². The molecule has 0 spiro atoms. The van der Waals surface area contributed by atoms with Gasteiger partial charge in [0, 0.05) is 12.6 Å². The molecular formula is C15H22FNO2. The molecule has 1 N–H and O–H groups in total. The van der Waals surface area contributed by atoms with Crippen LogP contribution in [0.15, 0.2) is 24.3 Å². The van der Waals surface area contributed by atoms with Crippen LogP contribution in [0.4, 0.5) is 4.39 Å². The van der Waals surface area contributed by atoms with Gasteiger partial charge in [0.25, 0.3) is 0 Å². The fourth-order valence-corrected chi connectivity index (χ4v) is 2.18. The van der Waals surface area contributed by atoms with Gasteiger partial charge in [-0.2, -0.15) is 0 Å². The van der Waals surface area contributed by atoms with E-state index in [1.54, 1.807) is 6.07 Å². The summed E-state index contributed by atoms with van der Waals surface area (Å²) in [5.41, 5.74) is 0.895. The zero-order valence-corrected chi connectivity index (χ0v) is 11.8. The largest absolute Gasteiger partial charge is 0.480 e. The summed E-state index contributed by atoms with van der Waals surface area (Å²) in [5, 5.41) is 8.95. The van der Waals surface area contributed by atoms with Crippen LogP contribution in [0.25, 0.3) is 0 Å². The maximum Gasteiger partial charge on any atom is 0.317 e. The third-order valence-corrected chi connectivity index (χ3v) is 2.98. The van der Waals surface area contributed by atoms with Gasteiger partial charge in [0.05, 0.1) is 6.54 Å². The molecule has 1 aromatic rings. The molecule has 0 aromatic heterocycles. The van der Waals surface area contributed by atoms with Crippen LogP contribution in [-0.4, -0.2) is 35.1 Å². The highest BCUT2D eigenvalue weighted by molar-refractivity contribution is 5.69. The minimum absolute atomic E-state index is 0.0225. The fourth-order valence-electron chi connectivity index (χ4n) is 2.18. The van der Waals surface area contributed by atoms with Crippen LogP contribution in [0.3, 0.4) is 0 Å². The molecule has 0 saturated carbocycles. The highest BCUT2D eigenvalue weighted by Crippen LogP contribution is 2.12. The SMILES string of the molecule is CC(C)CN(CC(=O)O)C(C)Cc1cccc(F)c1. The van der Waals surface area contributed by atoms with E-state index in [4.69, 9.17) is 5.11 Å². The number of carboxylic acids is 1. The first kappa shape index (κ1) is 15.6. The number of carbonyl (C=O) groups is 1. The third kappa shape index (κ3) is 5.83. The number of benzene rings is 1. The summed E-state index contributed by atoms with van der Waals surface area (Å²) in [6.45, 7) is 6.85. The van der Waals surface area contributed by atoms with Crippen LogP contribution in [0.1, 0.15) is 26.3 Å². The molecule has 3 nitrogen and oxygen atoms in total. The summed E-state index contributed by atoms with van der Waals surface area (Å²) in [6.07, 6.45) is 0.651. The number of halogens is 1. The Morgan fingerprint density at radius 3 is 2.58 bits per heavy atom. The lowest BCUT2D eigenvalue weighted by Crippen LogP contribution is -2.40. The van der Waals surface area contributed by atoms with E-state index in [-0.39, 0.29) is 18.4 Å². The molecule has 0 aliphatic heterocycles. The molecule has 1 unspecified atom stereocenters. The van der Waals surface area contributed by atoms with Gasteiger partial charge >= 0.3 is 5.97 Å². The molecule has 0 fully saturated rings. The number of rotatable bonds is 7. The maximum atomic E-state index is 13.1. The van der Waals surface area contributed by atoms with E-state index in [0.717, 1.165) is 12.1 Å². The lowest BCUT2D eigenvalue weighted by Gasteiger charge is -2.29. The van der Waals surface area contributed by atoms with Crippen LogP contribution in [0, 0.1) is 11.7 Å². The Labute approximate surface area is 114 Å². The summed E-state index contributed by atoms with van der Waals surface area (Å²) in [7, 11) is 0. The highest BCUT2D eigenvalue weighted by Gasteiger charge is 2.18. The minimum atomic E-state index is -0.827. The lowest BCUT2D eigenvalue weighted by atomic mass is 10.0. The van der Waals surface area contributed by atoms with E-state index in [1.165, 1.54) is 12.1 Å². The second-order valence-electron chi connectivity index (χ2n) is 5.40.